The van der Waals surface area contributed by atoms with Crippen LogP contribution < -0.4 is 5.32 Å². The average molecular weight is 386 g/mol. The van der Waals surface area contributed by atoms with Gasteiger partial charge in [-0.05, 0) is 37.1 Å². The first-order chi connectivity index (χ1) is 13.3. The van der Waals surface area contributed by atoms with E-state index in [1.807, 2.05) is 40.9 Å². The van der Waals surface area contributed by atoms with Gasteiger partial charge in [0.05, 0.1) is 18.5 Å². The number of para-hydroxylation sites is 1. The lowest BCUT2D eigenvalue weighted by atomic mass is 10.3. The topological polar surface area (TPSA) is 48.7 Å². The Kier molecular flexibility index (Phi) is 6.04. The van der Waals surface area contributed by atoms with Crippen molar-refractivity contribution in [2.24, 2.45) is 0 Å². The molecule has 0 unspecified atom stereocenters. The van der Waals surface area contributed by atoms with Crippen molar-refractivity contribution in [2.75, 3.05) is 31.5 Å². The number of hydrogen-bond acceptors (Lipinski definition) is 4. The van der Waals surface area contributed by atoms with Crippen LogP contribution in [0.2, 0.25) is 0 Å². The van der Waals surface area contributed by atoms with E-state index in [0.29, 0.717) is 5.25 Å². The largest absolute Gasteiger partial charge is 0.468 e. The van der Waals surface area contributed by atoms with Crippen molar-refractivity contribution in [3.05, 3.63) is 48.4 Å². The monoisotopic (exact) mass is 385 g/mol. The van der Waals surface area contributed by atoms with Crippen molar-refractivity contribution >= 4 is 23.5 Å². The van der Waals surface area contributed by atoms with Crippen LogP contribution in [0.1, 0.15) is 31.4 Å². The summed E-state index contributed by atoms with van der Waals surface area (Å²) in [6.07, 6.45) is 6.93. The van der Waals surface area contributed by atoms with Crippen molar-refractivity contribution in [3.63, 3.8) is 0 Å². The quantitative estimate of drug-likeness (QED) is 0.813. The molecule has 2 amide bonds. The van der Waals surface area contributed by atoms with Crippen LogP contribution in [-0.4, -0.2) is 47.3 Å². The molecule has 6 heteroatoms. The predicted molar refractivity (Wildman–Crippen MR) is 109 cm³/mol. The van der Waals surface area contributed by atoms with E-state index < -0.39 is 0 Å². The second-order valence-corrected chi connectivity index (χ2v) is 8.64. The summed E-state index contributed by atoms with van der Waals surface area (Å²) in [5, 5.41) is 3.83. The third-order valence-corrected chi connectivity index (χ3v) is 6.76. The molecule has 1 aromatic carbocycles. The normalized spacial score (nSPS) is 18.7. The zero-order valence-corrected chi connectivity index (χ0v) is 16.4. The molecule has 2 heterocycles. The molecular formula is C21H27N3O2S. The van der Waals surface area contributed by atoms with Crippen molar-refractivity contribution in [1.29, 1.82) is 0 Å². The fraction of sp³-hybridized carbons (Fsp3) is 0.476. The molecule has 1 aromatic heterocycles. The molecule has 2 fully saturated rings. The van der Waals surface area contributed by atoms with Crippen LogP contribution in [0.4, 0.5) is 10.5 Å². The van der Waals surface area contributed by atoms with Gasteiger partial charge in [-0.1, -0.05) is 25.0 Å². The Bertz CT molecular complexity index is 736. The fourth-order valence-electron chi connectivity index (χ4n) is 3.78. The van der Waals surface area contributed by atoms with Gasteiger partial charge >= 0.3 is 6.03 Å². The number of thioether (sulfide) groups is 1. The van der Waals surface area contributed by atoms with E-state index in [9.17, 15) is 4.79 Å². The molecule has 0 atom stereocenters. The Morgan fingerprint density at radius 1 is 1.07 bits per heavy atom. The highest BCUT2D eigenvalue weighted by Gasteiger charge is 2.23. The number of piperazine rings is 1. The molecule has 1 aliphatic heterocycles. The summed E-state index contributed by atoms with van der Waals surface area (Å²) in [5.74, 6) is 0.978. The van der Waals surface area contributed by atoms with E-state index in [-0.39, 0.29) is 6.03 Å². The van der Waals surface area contributed by atoms with Gasteiger partial charge in [-0.25, -0.2) is 4.79 Å². The number of nitrogens with one attached hydrogen (secondary N) is 1. The van der Waals surface area contributed by atoms with Gasteiger partial charge in [0.15, 0.2) is 0 Å². The van der Waals surface area contributed by atoms with E-state index in [4.69, 9.17) is 4.42 Å². The lowest BCUT2D eigenvalue weighted by Gasteiger charge is -2.34. The van der Waals surface area contributed by atoms with Gasteiger partial charge in [-0.2, -0.15) is 0 Å². The standard InChI is InChI=1S/C21H27N3O2S/c25-21(24-13-11-23(12-14-24)16-17-6-5-15-26-17)22-19-9-3-4-10-20(19)27-18-7-1-2-8-18/h3-6,9-10,15,18H,1-2,7-8,11-14,16H2,(H,22,25). The van der Waals surface area contributed by atoms with E-state index in [1.165, 1.54) is 30.6 Å². The smallest absolute Gasteiger partial charge is 0.321 e. The molecule has 2 aromatic rings. The van der Waals surface area contributed by atoms with Crippen LogP contribution >= 0.6 is 11.8 Å². The van der Waals surface area contributed by atoms with E-state index in [2.05, 4.69) is 22.3 Å². The van der Waals surface area contributed by atoms with Crippen LogP contribution in [0.3, 0.4) is 0 Å². The SMILES string of the molecule is O=C(Nc1ccccc1SC1CCCC1)N1CCN(Cc2ccco2)CC1. The molecule has 27 heavy (non-hydrogen) atoms. The van der Waals surface area contributed by atoms with Gasteiger partial charge < -0.3 is 14.6 Å². The number of urea groups is 1. The zero-order chi connectivity index (χ0) is 18.5. The van der Waals surface area contributed by atoms with E-state index in [1.54, 1.807) is 6.26 Å². The van der Waals surface area contributed by atoms with Crippen molar-refractivity contribution in [3.8, 4) is 0 Å². The Morgan fingerprint density at radius 2 is 1.85 bits per heavy atom. The molecule has 0 spiro atoms. The molecular weight excluding hydrogens is 358 g/mol. The molecule has 0 radical (unpaired) electrons. The molecule has 1 N–H and O–H groups in total. The predicted octanol–water partition coefficient (Wildman–Crippen LogP) is 4.66. The van der Waals surface area contributed by atoms with Gasteiger partial charge in [-0.15, -0.1) is 11.8 Å². The highest BCUT2D eigenvalue weighted by atomic mass is 32.2. The van der Waals surface area contributed by atoms with Crippen LogP contribution in [-0.2, 0) is 6.54 Å². The second kappa shape index (κ2) is 8.85. The van der Waals surface area contributed by atoms with E-state index in [0.717, 1.165) is 44.2 Å². The number of carbonyl (C=O) groups excluding carboxylic acids is 1. The van der Waals surface area contributed by atoms with E-state index >= 15 is 0 Å². The summed E-state index contributed by atoms with van der Waals surface area (Å²) in [6, 6.07) is 12.1. The maximum Gasteiger partial charge on any atom is 0.321 e. The van der Waals surface area contributed by atoms with Gasteiger partial charge in [0.1, 0.15) is 5.76 Å². The van der Waals surface area contributed by atoms with Crippen molar-refractivity contribution in [1.82, 2.24) is 9.80 Å². The van der Waals surface area contributed by atoms with Gasteiger partial charge in [0.25, 0.3) is 0 Å². The lowest BCUT2D eigenvalue weighted by molar-refractivity contribution is 0.137. The lowest BCUT2D eigenvalue weighted by Crippen LogP contribution is -2.49. The number of anilines is 1. The summed E-state index contributed by atoms with van der Waals surface area (Å²) in [6.45, 7) is 4.03. The molecule has 1 saturated carbocycles. The number of furan rings is 1. The minimum absolute atomic E-state index is 0.00659. The molecule has 4 rings (SSSR count). The Hall–Kier alpha value is -1.92. The maximum atomic E-state index is 12.7. The molecule has 1 aliphatic carbocycles. The minimum Gasteiger partial charge on any atom is -0.468 e. The first-order valence-electron chi connectivity index (χ1n) is 9.84. The zero-order valence-electron chi connectivity index (χ0n) is 15.6. The summed E-state index contributed by atoms with van der Waals surface area (Å²) >= 11 is 1.92. The molecule has 0 bridgehead atoms. The number of nitrogens with zero attached hydrogens (tertiary/aromatic N) is 2. The molecule has 5 nitrogen and oxygen atoms in total. The summed E-state index contributed by atoms with van der Waals surface area (Å²) in [7, 11) is 0. The van der Waals surface area contributed by atoms with Crippen LogP contribution in [0.25, 0.3) is 0 Å². The van der Waals surface area contributed by atoms with Crippen LogP contribution in [0.15, 0.2) is 52.0 Å². The van der Waals surface area contributed by atoms with Gasteiger partial charge in [0, 0.05) is 36.3 Å². The Labute approximate surface area is 165 Å². The minimum atomic E-state index is 0.00659. The second-order valence-electron chi connectivity index (χ2n) is 7.29. The third-order valence-electron chi connectivity index (χ3n) is 5.34. The third kappa shape index (κ3) is 4.87. The first kappa shape index (κ1) is 18.4. The highest BCUT2D eigenvalue weighted by Crippen LogP contribution is 2.38. The molecule has 1 saturated heterocycles. The number of rotatable bonds is 5. The number of benzene rings is 1. The van der Waals surface area contributed by atoms with Gasteiger partial charge in [-0.3, -0.25) is 4.90 Å². The summed E-state index contributed by atoms with van der Waals surface area (Å²) < 4.78 is 5.42. The summed E-state index contributed by atoms with van der Waals surface area (Å²) in [5.41, 5.74) is 0.942. The fourth-order valence-corrected chi connectivity index (χ4v) is 5.12. The Morgan fingerprint density at radius 3 is 2.59 bits per heavy atom. The first-order valence-corrected chi connectivity index (χ1v) is 10.7. The molecule has 144 valence electrons. The van der Waals surface area contributed by atoms with Crippen molar-refractivity contribution in [2.45, 2.75) is 42.4 Å². The maximum absolute atomic E-state index is 12.7. The number of hydrogen-bond donors (Lipinski definition) is 1. The Balaban J connectivity index is 1.30. The van der Waals surface area contributed by atoms with Crippen molar-refractivity contribution < 1.29 is 9.21 Å². The highest BCUT2D eigenvalue weighted by molar-refractivity contribution is 8.00. The van der Waals surface area contributed by atoms with Crippen LogP contribution in [0, 0.1) is 0 Å². The molecule has 2 aliphatic rings. The van der Waals surface area contributed by atoms with Gasteiger partial charge in [0.2, 0.25) is 0 Å². The number of amides is 2. The average Bonchev–Trinajstić information content (AvgIpc) is 3.38. The number of carbonyl (C=O) groups is 1. The summed E-state index contributed by atoms with van der Waals surface area (Å²) in [4.78, 5) is 18.2. The van der Waals surface area contributed by atoms with Crippen LogP contribution in [0.5, 0.6) is 0 Å².